The van der Waals surface area contributed by atoms with Crippen LogP contribution in [0.5, 0.6) is 5.88 Å². The fraction of sp³-hybridized carbons (Fsp3) is 0.458. The van der Waals surface area contributed by atoms with E-state index >= 15 is 0 Å². The van der Waals surface area contributed by atoms with E-state index in [1.54, 1.807) is 19.4 Å². The van der Waals surface area contributed by atoms with E-state index in [9.17, 15) is 0 Å². The van der Waals surface area contributed by atoms with Gasteiger partial charge in [0.1, 0.15) is 17.0 Å². The minimum atomic E-state index is -0.0430. The SMILES string of the molecule is COCCn1c(N2CCC(Oc3ncc(Cl)cc3Cl)CC2)nnc1C1(c2ccccc2)CC1.Cl. The lowest BCUT2D eigenvalue weighted by Crippen LogP contribution is -2.40. The van der Waals surface area contributed by atoms with E-state index < -0.39 is 0 Å². The van der Waals surface area contributed by atoms with Gasteiger partial charge in [-0.05, 0) is 24.5 Å². The lowest BCUT2D eigenvalue weighted by atomic mass is 9.95. The first-order chi connectivity index (χ1) is 16.1. The van der Waals surface area contributed by atoms with Gasteiger partial charge in [0.15, 0.2) is 0 Å². The summed E-state index contributed by atoms with van der Waals surface area (Å²) in [7, 11) is 1.73. The van der Waals surface area contributed by atoms with Crippen LogP contribution < -0.4 is 9.64 Å². The van der Waals surface area contributed by atoms with Crippen molar-refractivity contribution in [2.75, 3.05) is 31.7 Å². The van der Waals surface area contributed by atoms with Crippen molar-refractivity contribution in [3.63, 3.8) is 0 Å². The van der Waals surface area contributed by atoms with Gasteiger partial charge in [-0.25, -0.2) is 4.98 Å². The molecule has 2 aliphatic rings. The third-order valence-electron chi connectivity index (χ3n) is 6.53. The van der Waals surface area contributed by atoms with Gasteiger partial charge in [-0.15, -0.1) is 22.6 Å². The third-order valence-corrected chi connectivity index (χ3v) is 7.01. The van der Waals surface area contributed by atoms with Gasteiger partial charge in [-0.2, -0.15) is 0 Å². The molecular formula is C24H28Cl3N5O2. The molecule has 182 valence electrons. The van der Waals surface area contributed by atoms with Gasteiger partial charge in [0.2, 0.25) is 11.8 Å². The number of halogens is 3. The highest BCUT2D eigenvalue weighted by atomic mass is 35.5. The summed E-state index contributed by atoms with van der Waals surface area (Å²) in [6, 6.07) is 12.3. The summed E-state index contributed by atoms with van der Waals surface area (Å²) in [4.78, 5) is 6.52. The standard InChI is InChI=1S/C24H27Cl2N5O2.ClH/c1-32-14-13-31-22(24(9-10-24)17-5-3-2-4-6-17)28-29-23(31)30-11-7-19(8-12-30)33-21-20(26)15-18(25)16-27-21;/h2-6,15-16,19H,7-14H2,1H3;1H. The van der Waals surface area contributed by atoms with E-state index in [0.29, 0.717) is 22.5 Å². The van der Waals surface area contributed by atoms with Gasteiger partial charge in [0, 0.05) is 39.2 Å². The first-order valence-electron chi connectivity index (χ1n) is 11.3. The van der Waals surface area contributed by atoms with Gasteiger partial charge in [0.05, 0.1) is 23.6 Å². The maximum absolute atomic E-state index is 6.23. The minimum Gasteiger partial charge on any atom is -0.473 e. The normalized spacial score (nSPS) is 17.3. The largest absolute Gasteiger partial charge is 0.473 e. The predicted molar refractivity (Wildman–Crippen MR) is 136 cm³/mol. The number of ether oxygens (including phenoxy) is 2. The first-order valence-corrected chi connectivity index (χ1v) is 12.1. The second-order valence-corrected chi connectivity index (χ2v) is 9.50. The molecule has 2 fully saturated rings. The van der Waals surface area contributed by atoms with Gasteiger partial charge >= 0.3 is 0 Å². The van der Waals surface area contributed by atoms with Crippen LogP contribution in [-0.4, -0.2) is 52.7 Å². The number of benzene rings is 1. The Labute approximate surface area is 215 Å². The fourth-order valence-electron chi connectivity index (χ4n) is 4.62. The van der Waals surface area contributed by atoms with Crippen LogP contribution in [0, 0.1) is 0 Å². The molecule has 0 amide bonds. The van der Waals surface area contributed by atoms with Gasteiger partial charge in [-0.1, -0.05) is 53.5 Å². The average Bonchev–Trinajstić information content (AvgIpc) is 3.54. The molecular weight excluding hydrogens is 497 g/mol. The molecule has 1 saturated carbocycles. The number of hydrogen-bond donors (Lipinski definition) is 0. The van der Waals surface area contributed by atoms with E-state index in [2.05, 4.69) is 49.9 Å². The van der Waals surface area contributed by atoms with Crippen LogP contribution in [0.3, 0.4) is 0 Å². The van der Waals surface area contributed by atoms with Crippen molar-refractivity contribution in [2.45, 2.75) is 43.7 Å². The molecule has 1 aromatic carbocycles. The molecule has 34 heavy (non-hydrogen) atoms. The van der Waals surface area contributed by atoms with E-state index in [1.807, 2.05) is 0 Å². The van der Waals surface area contributed by atoms with Crippen LogP contribution >= 0.6 is 35.6 Å². The Morgan fingerprint density at radius 2 is 1.82 bits per heavy atom. The molecule has 0 spiro atoms. The molecule has 3 aromatic rings. The minimum absolute atomic E-state index is 0. The summed E-state index contributed by atoms with van der Waals surface area (Å²) in [5.74, 6) is 2.38. The Balaban J connectivity index is 0.00000274. The van der Waals surface area contributed by atoms with Crippen molar-refractivity contribution < 1.29 is 9.47 Å². The van der Waals surface area contributed by atoms with E-state index in [-0.39, 0.29) is 23.9 Å². The molecule has 0 bridgehead atoms. The summed E-state index contributed by atoms with van der Waals surface area (Å²) in [5.41, 5.74) is 1.26. The molecule has 0 unspecified atom stereocenters. The number of pyridine rings is 1. The van der Waals surface area contributed by atoms with E-state index in [4.69, 9.17) is 37.8 Å². The maximum Gasteiger partial charge on any atom is 0.232 e. The number of piperidine rings is 1. The molecule has 0 N–H and O–H groups in total. The lowest BCUT2D eigenvalue weighted by Gasteiger charge is -2.33. The zero-order valence-electron chi connectivity index (χ0n) is 19.0. The smallest absolute Gasteiger partial charge is 0.232 e. The van der Waals surface area contributed by atoms with Crippen molar-refractivity contribution in [3.05, 3.63) is 64.0 Å². The number of rotatable bonds is 8. The van der Waals surface area contributed by atoms with Gasteiger partial charge in [0.25, 0.3) is 0 Å². The zero-order chi connectivity index (χ0) is 22.8. The number of anilines is 1. The Morgan fingerprint density at radius 1 is 1.09 bits per heavy atom. The molecule has 7 nitrogen and oxygen atoms in total. The van der Waals surface area contributed by atoms with Crippen LogP contribution in [0.2, 0.25) is 10.0 Å². The van der Waals surface area contributed by atoms with Crippen molar-refractivity contribution in [2.24, 2.45) is 0 Å². The van der Waals surface area contributed by atoms with Crippen LogP contribution in [-0.2, 0) is 16.7 Å². The molecule has 2 aromatic heterocycles. The quantitative estimate of drug-likeness (QED) is 0.405. The van der Waals surface area contributed by atoms with Crippen molar-refractivity contribution >= 4 is 41.6 Å². The van der Waals surface area contributed by atoms with E-state index in [1.165, 1.54) is 5.56 Å². The maximum atomic E-state index is 6.23. The molecule has 1 aliphatic heterocycles. The Bertz CT molecular complexity index is 1100. The van der Waals surface area contributed by atoms with Crippen LogP contribution in [0.1, 0.15) is 37.1 Å². The third kappa shape index (κ3) is 4.98. The number of aromatic nitrogens is 4. The monoisotopic (exact) mass is 523 g/mol. The number of hydrogen-bond acceptors (Lipinski definition) is 6. The Hall–Kier alpha value is -2.06. The summed E-state index contributed by atoms with van der Waals surface area (Å²) in [6.45, 7) is 2.98. The summed E-state index contributed by atoms with van der Waals surface area (Å²) in [6.07, 6.45) is 5.47. The predicted octanol–water partition coefficient (Wildman–Crippen LogP) is 5.18. The topological polar surface area (TPSA) is 65.3 Å². The molecule has 10 heteroatoms. The van der Waals surface area contributed by atoms with Crippen LogP contribution in [0.15, 0.2) is 42.6 Å². The zero-order valence-corrected chi connectivity index (χ0v) is 21.3. The Kier molecular flexibility index (Phi) is 7.87. The summed E-state index contributed by atoms with van der Waals surface area (Å²) in [5, 5.41) is 10.3. The highest BCUT2D eigenvalue weighted by molar-refractivity contribution is 6.35. The Morgan fingerprint density at radius 3 is 2.47 bits per heavy atom. The number of nitrogens with zero attached hydrogens (tertiary/aromatic N) is 5. The lowest BCUT2D eigenvalue weighted by molar-refractivity contribution is 0.162. The molecule has 0 atom stereocenters. The summed E-state index contributed by atoms with van der Waals surface area (Å²) < 4.78 is 13.7. The van der Waals surface area contributed by atoms with Gasteiger partial charge < -0.3 is 14.4 Å². The molecule has 1 aliphatic carbocycles. The first kappa shape index (κ1) is 25.0. The highest BCUT2D eigenvalue weighted by Crippen LogP contribution is 2.53. The second kappa shape index (κ2) is 10.7. The van der Waals surface area contributed by atoms with Crippen molar-refractivity contribution in [1.29, 1.82) is 0 Å². The summed E-state index contributed by atoms with van der Waals surface area (Å²) >= 11 is 12.2. The van der Waals surface area contributed by atoms with Crippen LogP contribution in [0.25, 0.3) is 0 Å². The highest BCUT2D eigenvalue weighted by Gasteiger charge is 2.50. The fourth-order valence-corrected chi connectivity index (χ4v) is 5.04. The average molecular weight is 525 g/mol. The molecule has 1 saturated heterocycles. The van der Waals surface area contributed by atoms with Gasteiger partial charge in [-0.3, -0.25) is 4.57 Å². The molecule has 5 rings (SSSR count). The molecule has 0 radical (unpaired) electrons. The van der Waals surface area contributed by atoms with Crippen molar-refractivity contribution in [3.8, 4) is 5.88 Å². The second-order valence-electron chi connectivity index (χ2n) is 8.66. The van der Waals surface area contributed by atoms with E-state index in [0.717, 1.165) is 57.1 Å². The molecule has 3 heterocycles. The van der Waals surface area contributed by atoms with Crippen LogP contribution in [0.4, 0.5) is 5.95 Å². The number of methoxy groups -OCH3 is 1. The van der Waals surface area contributed by atoms with Crippen molar-refractivity contribution in [1.82, 2.24) is 19.7 Å².